The molecule has 0 unspecified atom stereocenters. The van der Waals surface area contributed by atoms with Gasteiger partial charge in [-0.2, -0.15) is 0 Å². The van der Waals surface area contributed by atoms with Crippen LogP contribution in [-0.4, -0.2) is 79.1 Å². The predicted octanol–water partition coefficient (Wildman–Crippen LogP) is 3.53. The lowest BCUT2D eigenvalue weighted by molar-refractivity contribution is -0.110. The number of aryl methyl sites for hydroxylation is 1. The molecule has 41 heavy (non-hydrogen) atoms. The zero-order valence-electron chi connectivity index (χ0n) is 23.1. The topological polar surface area (TPSA) is 123 Å². The molecule has 2 aliphatic rings. The van der Waals surface area contributed by atoms with Crippen LogP contribution in [0.25, 0.3) is 11.3 Å². The number of hydrogen-bond donors (Lipinski definition) is 4. The molecular formula is C31H33N5O5. The van der Waals surface area contributed by atoms with Gasteiger partial charge in [-0.05, 0) is 61.5 Å². The van der Waals surface area contributed by atoms with Gasteiger partial charge in [-0.1, -0.05) is 30.3 Å². The SMILES string of the molecule is Cc1cc2c(cc1C(=O)O)NC(=O)/C2=C(/Nc1ccc(C(=O)NOCCN2CCN(C)CC2)cc1)c1ccccc1. The first-order valence-corrected chi connectivity index (χ1v) is 13.5. The molecule has 3 aromatic rings. The number of hydroxylamine groups is 1. The fraction of sp³-hybridized carbons (Fsp3) is 0.258. The number of anilines is 2. The number of benzene rings is 3. The Hall–Kier alpha value is -4.51. The minimum Gasteiger partial charge on any atom is -0.478 e. The largest absolute Gasteiger partial charge is 0.478 e. The van der Waals surface area contributed by atoms with Crippen LogP contribution in [0.4, 0.5) is 11.4 Å². The van der Waals surface area contributed by atoms with Gasteiger partial charge in [0.1, 0.15) is 0 Å². The van der Waals surface area contributed by atoms with Crippen molar-refractivity contribution in [2.45, 2.75) is 6.92 Å². The maximum absolute atomic E-state index is 13.2. The molecule has 0 radical (unpaired) electrons. The maximum Gasteiger partial charge on any atom is 0.336 e. The van der Waals surface area contributed by atoms with Crippen LogP contribution in [0.2, 0.25) is 0 Å². The fourth-order valence-corrected chi connectivity index (χ4v) is 4.96. The molecule has 2 aliphatic heterocycles. The molecule has 1 saturated heterocycles. The standard InChI is InChI=1S/C31H33N5O5/c1-20-18-25-26(19-24(20)31(39)40)33-30(38)27(25)28(21-6-4-3-5-7-21)32-23-10-8-22(9-11-23)29(37)34-41-17-16-36-14-12-35(2)13-15-36/h3-11,18-19,32H,12-17H2,1-2H3,(H,33,38)(H,34,37)(H,39,40)/b28-27+. The van der Waals surface area contributed by atoms with Crippen molar-refractivity contribution in [1.29, 1.82) is 0 Å². The molecule has 0 aliphatic carbocycles. The van der Waals surface area contributed by atoms with E-state index in [1.807, 2.05) is 30.3 Å². The number of hydrogen-bond acceptors (Lipinski definition) is 7. The molecule has 0 bridgehead atoms. The van der Waals surface area contributed by atoms with E-state index in [4.69, 9.17) is 4.84 Å². The first-order chi connectivity index (χ1) is 19.8. The molecule has 2 amide bonds. The Balaban J connectivity index is 1.31. The van der Waals surface area contributed by atoms with Crippen molar-refractivity contribution in [2.75, 3.05) is 57.0 Å². The summed E-state index contributed by atoms with van der Waals surface area (Å²) >= 11 is 0. The number of carbonyl (C=O) groups is 3. The van der Waals surface area contributed by atoms with Crippen LogP contribution in [0, 0.1) is 6.92 Å². The summed E-state index contributed by atoms with van der Waals surface area (Å²) in [6.45, 7) is 6.89. The zero-order chi connectivity index (χ0) is 28.9. The molecule has 0 aromatic heterocycles. The molecule has 5 rings (SSSR count). The van der Waals surface area contributed by atoms with Gasteiger partial charge in [0.25, 0.3) is 11.8 Å². The molecule has 3 aromatic carbocycles. The molecular weight excluding hydrogens is 522 g/mol. The van der Waals surface area contributed by atoms with Crippen molar-refractivity contribution >= 4 is 40.4 Å². The van der Waals surface area contributed by atoms with Crippen LogP contribution in [-0.2, 0) is 9.63 Å². The number of nitrogens with zero attached hydrogens (tertiary/aromatic N) is 2. The number of piperazine rings is 1. The van der Waals surface area contributed by atoms with Crippen molar-refractivity contribution in [3.8, 4) is 0 Å². The number of carboxylic acid groups (broad SMARTS) is 1. The van der Waals surface area contributed by atoms with E-state index in [9.17, 15) is 19.5 Å². The molecule has 4 N–H and O–H groups in total. The molecule has 2 heterocycles. The van der Waals surface area contributed by atoms with Gasteiger partial charge in [-0.3, -0.25) is 19.3 Å². The Kier molecular flexibility index (Phi) is 8.44. The molecule has 10 nitrogen and oxygen atoms in total. The van der Waals surface area contributed by atoms with Crippen LogP contribution < -0.4 is 16.1 Å². The van der Waals surface area contributed by atoms with E-state index in [-0.39, 0.29) is 17.4 Å². The van der Waals surface area contributed by atoms with Gasteiger partial charge in [0.05, 0.1) is 29.1 Å². The van der Waals surface area contributed by atoms with Gasteiger partial charge >= 0.3 is 5.97 Å². The van der Waals surface area contributed by atoms with Gasteiger partial charge in [0, 0.05) is 49.5 Å². The first-order valence-electron chi connectivity index (χ1n) is 13.5. The number of aromatic carboxylic acids is 1. The third-order valence-electron chi connectivity index (χ3n) is 7.34. The number of rotatable bonds is 9. The molecule has 0 spiro atoms. The van der Waals surface area contributed by atoms with Gasteiger partial charge in [-0.25, -0.2) is 10.3 Å². The lowest BCUT2D eigenvalue weighted by Gasteiger charge is -2.32. The van der Waals surface area contributed by atoms with E-state index in [2.05, 4.69) is 33.0 Å². The van der Waals surface area contributed by atoms with Crippen LogP contribution in [0.15, 0.2) is 66.7 Å². The zero-order valence-corrected chi connectivity index (χ0v) is 23.1. The van der Waals surface area contributed by atoms with Crippen molar-refractivity contribution in [3.63, 3.8) is 0 Å². The van der Waals surface area contributed by atoms with E-state index < -0.39 is 5.97 Å². The summed E-state index contributed by atoms with van der Waals surface area (Å²) in [7, 11) is 2.11. The van der Waals surface area contributed by atoms with Gasteiger partial charge in [-0.15, -0.1) is 0 Å². The van der Waals surface area contributed by atoms with E-state index in [0.717, 1.165) is 38.3 Å². The first kappa shape index (κ1) is 28.0. The van der Waals surface area contributed by atoms with E-state index >= 15 is 0 Å². The molecule has 10 heteroatoms. The van der Waals surface area contributed by atoms with Gasteiger partial charge < -0.3 is 20.6 Å². The van der Waals surface area contributed by atoms with Crippen molar-refractivity contribution in [1.82, 2.24) is 15.3 Å². The summed E-state index contributed by atoms with van der Waals surface area (Å²) in [4.78, 5) is 47.4. The summed E-state index contributed by atoms with van der Waals surface area (Å²) < 4.78 is 0. The Morgan fingerprint density at radius 2 is 1.68 bits per heavy atom. The predicted molar refractivity (Wildman–Crippen MR) is 157 cm³/mol. The second-order valence-electron chi connectivity index (χ2n) is 10.2. The Morgan fingerprint density at radius 1 is 0.976 bits per heavy atom. The summed E-state index contributed by atoms with van der Waals surface area (Å²) in [5.74, 6) is -1.73. The third kappa shape index (κ3) is 6.46. The Morgan fingerprint density at radius 3 is 2.37 bits per heavy atom. The lowest BCUT2D eigenvalue weighted by atomic mass is 9.96. The summed E-state index contributed by atoms with van der Waals surface area (Å²) in [5.41, 5.74) is 7.12. The lowest BCUT2D eigenvalue weighted by Crippen LogP contribution is -2.45. The Bertz CT molecular complexity index is 1480. The van der Waals surface area contributed by atoms with Crippen LogP contribution >= 0.6 is 0 Å². The van der Waals surface area contributed by atoms with E-state index in [1.165, 1.54) is 6.07 Å². The number of fused-ring (bicyclic) bond motifs is 1. The highest BCUT2D eigenvalue weighted by Gasteiger charge is 2.30. The maximum atomic E-state index is 13.2. The fourth-order valence-electron chi connectivity index (χ4n) is 4.96. The molecule has 0 atom stereocenters. The number of amides is 2. The third-order valence-corrected chi connectivity index (χ3v) is 7.34. The van der Waals surface area contributed by atoms with Crippen molar-refractivity contribution in [3.05, 3.63) is 94.5 Å². The average molecular weight is 556 g/mol. The van der Waals surface area contributed by atoms with Gasteiger partial charge in [0.15, 0.2) is 0 Å². The highest BCUT2D eigenvalue weighted by Crippen LogP contribution is 2.39. The molecule has 212 valence electrons. The average Bonchev–Trinajstić information content (AvgIpc) is 3.29. The highest BCUT2D eigenvalue weighted by atomic mass is 16.7. The second kappa shape index (κ2) is 12.3. The second-order valence-corrected chi connectivity index (χ2v) is 10.2. The number of carbonyl (C=O) groups excluding carboxylic acids is 2. The normalized spacial score (nSPS) is 16.6. The number of nitrogens with one attached hydrogen (secondary N) is 3. The minimum atomic E-state index is -1.05. The van der Waals surface area contributed by atoms with Crippen LogP contribution in [0.1, 0.15) is 37.4 Å². The van der Waals surface area contributed by atoms with E-state index in [0.29, 0.717) is 45.9 Å². The number of likely N-dealkylation sites (N-methyl/N-ethyl adjacent to an activating group) is 1. The van der Waals surface area contributed by atoms with Crippen molar-refractivity contribution in [2.24, 2.45) is 0 Å². The quantitative estimate of drug-likeness (QED) is 0.180. The van der Waals surface area contributed by atoms with Crippen LogP contribution in [0.3, 0.4) is 0 Å². The van der Waals surface area contributed by atoms with Crippen LogP contribution in [0.5, 0.6) is 0 Å². The smallest absolute Gasteiger partial charge is 0.336 e. The summed E-state index contributed by atoms with van der Waals surface area (Å²) in [5, 5.41) is 15.7. The summed E-state index contributed by atoms with van der Waals surface area (Å²) in [6.07, 6.45) is 0. The van der Waals surface area contributed by atoms with Crippen molar-refractivity contribution < 1.29 is 24.3 Å². The Labute approximate surface area is 238 Å². The monoisotopic (exact) mass is 555 g/mol. The summed E-state index contributed by atoms with van der Waals surface area (Å²) in [6, 6.07) is 19.5. The molecule has 0 saturated carbocycles. The van der Waals surface area contributed by atoms with E-state index in [1.54, 1.807) is 37.3 Å². The highest BCUT2D eigenvalue weighted by molar-refractivity contribution is 6.37. The molecule has 1 fully saturated rings. The minimum absolute atomic E-state index is 0.136. The number of carboxylic acids is 1. The van der Waals surface area contributed by atoms with Gasteiger partial charge in [0.2, 0.25) is 0 Å².